The van der Waals surface area contributed by atoms with Gasteiger partial charge >= 0.3 is 11.9 Å². The van der Waals surface area contributed by atoms with Gasteiger partial charge in [-0.15, -0.1) is 0 Å². The first kappa shape index (κ1) is 43.0. The molecule has 48 heavy (non-hydrogen) atoms. The molecule has 0 aromatic rings. The Morgan fingerprint density at radius 1 is 0.604 bits per heavy atom. The van der Waals surface area contributed by atoms with E-state index in [1.54, 1.807) is 0 Å². The third kappa shape index (κ3) is 6.66. The van der Waals surface area contributed by atoms with Crippen LogP contribution in [0.15, 0.2) is 0 Å². The van der Waals surface area contributed by atoms with Crippen LogP contribution in [0.25, 0.3) is 0 Å². The summed E-state index contributed by atoms with van der Waals surface area (Å²) in [6.07, 6.45) is 14.1. The van der Waals surface area contributed by atoms with Crippen LogP contribution < -0.4 is 0 Å². The highest BCUT2D eigenvalue weighted by atomic mass is 16.6. The van der Waals surface area contributed by atoms with Crippen LogP contribution in [-0.4, -0.2) is 44.6 Å². The largest absolute Gasteiger partial charge is 0.459 e. The number of carbonyl (C=O) groups is 2. The molecule has 3 unspecified atom stereocenters. The minimum absolute atomic E-state index is 0. The first-order valence-electron chi connectivity index (χ1n) is 18.2. The minimum atomic E-state index is -0.918. The Morgan fingerprint density at radius 3 is 1.44 bits per heavy atom. The lowest BCUT2D eigenvalue weighted by Crippen LogP contribution is -2.68. The highest BCUT2D eigenvalue weighted by Crippen LogP contribution is 2.68. The molecule has 0 aromatic carbocycles. The number of esters is 2. The van der Waals surface area contributed by atoms with Crippen molar-refractivity contribution in [2.75, 3.05) is 0 Å². The zero-order valence-corrected chi connectivity index (χ0v) is 29.2. The topological polar surface area (TPSA) is 93.1 Å². The van der Waals surface area contributed by atoms with Gasteiger partial charge in [-0.1, -0.05) is 50.5 Å². The van der Waals surface area contributed by atoms with Crippen molar-refractivity contribution in [2.45, 2.75) is 210 Å². The average molecular weight is 679 g/mol. The van der Waals surface area contributed by atoms with E-state index in [1.165, 1.54) is 38.5 Å². The van der Waals surface area contributed by atoms with E-state index in [-0.39, 0.29) is 53.0 Å². The second-order valence-corrected chi connectivity index (χ2v) is 18.9. The molecule has 8 bridgehead atoms. The summed E-state index contributed by atoms with van der Waals surface area (Å²) < 4.78 is 13.3. The molecule has 2 N–H and O–H groups in total. The van der Waals surface area contributed by atoms with E-state index >= 15 is 0 Å². The van der Waals surface area contributed by atoms with Crippen molar-refractivity contribution in [3.63, 3.8) is 0 Å². The number of ether oxygens (including phenoxy) is 2. The van der Waals surface area contributed by atoms with Crippen LogP contribution in [0.4, 0.5) is 0 Å². The SMILES string of the molecule is C.C.C.C.CCC(C)(CC(C)(C)C(=O)OC(C)(C)C12CC3CC(O)(CC(O)(C3)C1)C2)C(=O)OC(CC)(CC)C12CC3CC(CC(C3)C1)C2. The van der Waals surface area contributed by atoms with Crippen molar-refractivity contribution in [2.24, 2.45) is 45.3 Å². The van der Waals surface area contributed by atoms with E-state index in [1.807, 2.05) is 41.5 Å². The molecule has 0 spiro atoms. The summed E-state index contributed by atoms with van der Waals surface area (Å²) in [4.78, 5) is 28.5. The molecular weight excluding hydrogens is 600 g/mol. The van der Waals surface area contributed by atoms with Crippen molar-refractivity contribution < 1.29 is 29.3 Å². The smallest absolute Gasteiger partial charge is 0.312 e. The maximum atomic E-state index is 14.4. The van der Waals surface area contributed by atoms with Gasteiger partial charge in [0.15, 0.2) is 0 Å². The molecule has 8 rings (SSSR count). The molecule has 8 aliphatic carbocycles. The van der Waals surface area contributed by atoms with Gasteiger partial charge in [-0.2, -0.15) is 0 Å². The number of carbonyl (C=O) groups excluding carboxylic acids is 2. The standard InChI is InChI=1S/C38H62O6.4CH4/c1-9-33(8,30(40)44-38(10-2,11-3)34-15-25-12-26(16-34)14-27(13-25)17-34)21-31(4,5)29(39)43-32(6,7)35-18-28-19-36(41,22-35)24-37(42,20-28)23-35;;;;/h25-28,41-42H,9-24H2,1-8H3;4*1H4. The highest BCUT2D eigenvalue weighted by Gasteiger charge is 2.68. The second-order valence-electron chi connectivity index (χ2n) is 18.9. The van der Waals surface area contributed by atoms with E-state index in [4.69, 9.17) is 9.47 Å². The summed E-state index contributed by atoms with van der Waals surface area (Å²) in [6.45, 7) is 16.2. The molecule has 6 nitrogen and oxygen atoms in total. The van der Waals surface area contributed by atoms with Gasteiger partial charge in [-0.05, 0) is 155 Å². The lowest BCUT2D eigenvalue weighted by atomic mass is 9.43. The third-order valence-corrected chi connectivity index (χ3v) is 14.7. The van der Waals surface area contributed by atoms with Crippen LogP contribution >= 0.6 is 0 Å². The maximum Gasteiger partial charge on any atom is 0.312 e. The highest BCUT2D eigenvalue weighted by molar-refractivity contribution is 5.81. The maximum absolute atomic E-state index is 14.4. The van der Waals surface area contributed by atoms with Gasteiger partial charge in [0, 0.05) is 17.3 Å². The second kappa shape index (κ2) is 13.4. The number of rotatable bonds is 11. The van der Waals surface area contributed by atoms with E-state index < -0.39 is 38.6 Å². The fraction of sp³-hybridized carbons (Fsp3) is 0.952. The Kier molecular flexibility index (Phi) is 12.0. The van der Waals surface area contributed by atoms with Crippen molar-refractivity contribution >= 4 is 11.9 Å². The van der Waals surface area contributed by atoms with Crippen molar-refractivity contribution in [3.8, 4) is 0 Å². The molecule has 8 saturated carbocycles. The van der Waals surface area contributed by atoms with Crippen LogP contribution in [0.5, 0.6) is 0 Å². The van der Waals surface area contributed by atoms with E-state index in [9.17, 15) is 19.8 Å². The van der Waals surface area contributed by atoms with Gasteiger partial charge in [-0.3, -0.25) is 9.59 Å². The summed E-state index contributed by atoms with van der Waals surface area (Å²) in [7, 11) is 0. The molecule has 6 heteroatoms. The fourth-order valence-electron chi connectivity index (χ4n) is 13.1. The monoisotopic (exact) mass is 679 g/mol. The van der Waals surface area contributed by atoms with Gasteiger partial charge in [0.1, 0.15) is 11.2 Å². The zero-order valence-electron chi connectivity index (χ0n) is 29.2. The Bertz CT molecular complexity index is 1110. The van der Waals surface area contributed by atoms with Crippen LogP contribution in [0, 0.1) is 45.3 Å². The molecular formula is C42H78O6. The number of aliphatic hydroxyl groups is 2. The van der Waals surface area contributed by atoms with Gasteiger partial charge in [-0.25, -0.2) is 0 Å². The summed E-state index contributed by atoms with van der Waals surface area (Å²) in [6, 6.07) is 0. The third-order valence-electron chi connectivity index (χ3n) is 14.7. The zero-order chi connectivity index (χ0) is 32.2. The minimum Gasteiger partial charge on any atom is -0.459 e. The van der Waals surface area contributed by atoms with Crippen molar-refractivity contribution in [1.82, 2.24) is 0 Å². The molecule has 0 aliphatic heterocycles. The van der Waals surface area contributed by atoms with Crippen LogP contribution in [-0.2, 0) is 19.1 Å². The van der Waals surface area contributed by atoms with E-state index in [0.717, 1.165) is 49.9 Å². The Balaban J connectivity index is 0.00000200. The molecule has 0 saturated heterocycles. The van der Waals surface area contributed by atoms with Crippen LogP contribution in [0.1, 0.15) is 188 Å². The number of hydrogen-bond acceptors (Lipinski definition) is 6. The van der Waals surface area contributed by atoms with Crippen LogP contribution in [0.2, 0.25) is 0 Å². The first-order valence-corrected chi connectivity index (χ1v) is 18.2. The summed E-state index contributed by atoms with van der Waals surface area (Å²) >= 11 is 0. The molecule has 3 atom stereocenters. The van der Waals surface area contributed by atoms with Gasteiger partial charge in [0.2, 0.25) is 0 Å². The predicted molar refractivity (Wildman–Crippen MR) is 197 cm³/mol. The van der Waals surface area contributed by atoms with E-state index in [0.29, 0.717) is 32.1 Å². The van der Waals surface area contributed by atoms with Crippen molar-refractivity contribution in [1.29, 1.82) is 0 Å². The van der Waals surface area contributed by atoms with Gasteiger partial charge in [0.05, 0.1) is 22.0 Å². The predicted octanol–water partition coefficient (Wildman–Crippen LogP) is 10.4. The molecule has 0 aromatic heterocycles. The first-order chi connectivity index (χ1) is 20.3. The Morgan fingerprint density at radius 2 is 1.04 bits per heavy atom. The average Bonchev–Trinajstić information content (AvgIpc) is 2.88. The molecule has 8 aliphatic rings. The van der Waals surface area contributed by atoms with Gasteiger partial charge in [0.25, 0.3) is 0 Å². The normalized spacial score (nSPS) is 38.8. The van der Waals surface area contributed by atoms with Gasteiger partial charge < -0.3 is 19.7 Å². The lowest BCUT2D eigenvalue weighted by molar-refractivity contribution is -0.274. The van der Waals surface area contributed by atoms with Crippen LogP contribution in [0.3, 0.4) is 0 Å². The quantitative estimate of drug-likeness (QED) is 0.211. The summed E-state index contributed by atoms with van der Waals surface area (Å²) in [5, 5.41) is 22.8. The summed E-state index contributed by atoms with van der Waals surface area (Å²) in [5.74, 6) is 2.11. The van der Waals surface area contributed by atoms with E-state index in [2.05, 4.69) is 13.8 Å². The fourth-order valence-corrected chi connectivity index (χ4v) is 13.1. The number of hydrogen-bond donors (Lipinski definition) is 2. The molecule has 282 valence electrons. The molecule has 0 radical (unpaired) electrons. The summed E-state index contributed by atoms with van der Waals surface area (Å²) in [5.41, 5.74) is -5.21. The lowest BCUT2D eigenvalue weighted by Gasteiger charge is -2.66. The van der Waals surface area contributed by atoms with Crippen molar-refractivity contribution in [3.05, 3.63) is 0 Å². The Labute approximate surface area is 296 Å². The Hall–Kier alpha value is -1.14. The molecule has 0 heterocycles. The molecule has 0 amide bonds. The molecule has 8 fully saturated rings.